The molecule has 0 saturated heterocycles. The molecule has 2 heteroatoms. The van der Waals surface area contributed by atoms with E-state index in [2.05, 4.69) is 13.8 Å². The van der Waals surface area contributed by atoms with E-state index in [-0.39, 0.29) is 5.75 Å². The van der Waals surface area contributed by atoms with Gasteiger partial charge in [-0.3, -0.25) is 0 Å². The van der Waals surface area contributed by atoms with Crippen molar-refractivity contribution in [1.29, 1.82) is 0 Å². The van der Waals surface area contributed by atoms with E-state index < -0.39 is 0 Å². The van der Waals surface area contributed by atoms with Crippen molar-refractivity contribution in [3.63, 3.8) is 0 Å². The minimum Gasteiger partial charge on any atom is -0.508 e. The first-order chi connectivity index (χ1) is 9.59. The summed E-state index contributed by atoms with van der Waals surface area (Å²) in [5.74, 6) is 1.38. The van der Waals surface area contributed by atoms with Gasteiger partial charge in [-0.2, -0.15) is 0 Å². The van der Waals surface area contributed by atoms with E-state index >= 15 is 0 Å². The number of hydrogen-bond donors (Lipinski definition) is 2. The van der Waals surface area contributed by atoms with Crippen LogP contribution in [0.5, 0.6) is 11.5 Å². The Balaban J connectivity index is 2.01. The van der Waals surface area contributed by atoms with Crippen molar-refractivity contribution < 1.29 is 10.2 Å². The van der Waals surface area contributed by atoms with E-state index in [4.69, 9.17) is 0 Å². The summed E-state index contributed by atoms with van der Waals surface area (Å²) < 4.78 is 0. The van der Waals surface area contributed by atoms with Gasteiger partial charge in [0, 0.05) is 0 Å². The summed E-state index contributed by atoms with van der Waals surface area (Å²) in [6.07, 6.45) is 11.2. The smallest absolute Gasteiger partial charge is 0.119 e. The van der Waals surface area contributed by atoms with Gasteiger partial charge in [0.05, 0.1) is 0 Å². The first kappa shape index (κ1) is 16.9. The van der Waals surface area contributed by atoms with Crippen LogP contribution in [0.1, 0.15) is 70.8 Å². The summed E-state index contributed by atoms with van der Waals surface area (Å²) in [6.45, 7) is 4.58. The summed E-state index contributed by atoms with van der Waals surface area (Å²) in [5, 5.41) is 19.1. The molecule has 0 fully saturated rings. The van der Waals surface area contributed by atoms with Gasteiger partial charge < -0.3 is 10.2 Å². The Morgan fingerprint density at radius 1 is 0.850 bits per heavy atom. The summed E-state index contributed by atoms with van der Waals surface area (Å²) in [7, 11) is 0. The summed E-state index contributed by atoms with van der Waals surface area (Å²) in [6, 6.07) is 4.76. The Hall–Kier alpha value is -1.18. The maximum atomic E-state index is 9.67. The Kier molecular flexibility index (Phi) is 8.17. The third-order valence-corrected chi connectivity index (χ3v) is 3.79. The van der Waals surface area contributed by atoms with Gasteiger partial charge in [0.15, 0.2) is 0 Å². The van der Waals surface area contributed by atoms with Crippen molar-refractivity contribution in [2.75, 3.05) is 0 Å². The van der Waals surface area contributed by atoms with Crippen LogP contribution in [-0.4, -0.2) is 10.2 Å². The zero-order chi connectivity index (χ0) is 14.8. The largest absolute Gasteiger partial charge is 0.508 e. The molecule has 20 heavy (non-hydrogen) atoms. The Morgan fingerprint density at radius 3 is 2.10 bits per heavy atom. The monoisotopic (exact) mass is 278 g/mol. The van der Waals surface area contributed by atoms with Crippen LogP contribution in [0, 0.1) is 5.92 Å². The van der Waals surface area contributed by atoms with Crippen molar-refractivity contribution in [2.24, 2.45) is 5.92 Å². The molecule has 0 radical (unpaired) electrons. The second kappa shape index (κ2) is 9.68. The van der Waals surface area contributed by atoms with E-state index in [1.54, 1.807) is 12.1 Å². The van der Waals surface area contributed by atoms with E-state index in [1.807, 2.05) is 0 Å². The molecule has 0 heterocycles. The van der Waals surface area contributed by atoms with Crippen LogP contribution in [0.2, 0.25) is 0 Å². The maximum absolute atomic E-state index is 9.67. The van der Waals surface area contributed by atoms with Crippen molar-refractivity contribution in [2.45, 2.75) is 71.6 Å². The van der Waals surface area contributed by atoms with Gasteiger partial charge in [0.25, 0.3) is 0 Å². The number of rotatable bonds is 10. The lowest BCUT2D eigenvalue weighted by Crippen LogP contribution is -1.89. The normalized spacial score (nSPS) is 11.2. The van der Waals surface area contributed by atoms with E-state index in [0.717, 1.165) is 24.3 Å². The van der Waals surface area contributed by atoms with Crippen LogP contribution in [0.4, 0.5) is 0 Å². The first-order valence-corrected chi connectivity index (χ1v) is 8.10. The van der Waals surface area contributed by atoms with E-state index in [1.165, 1.54) is 51.0 Å². The van der Waals surface area contributed by atoms with Crippen molar-refractivity contribution in [3.05, 3.63) is 23.8 Å². The predicted octanol–water partition coefficient (Wildman–Crippen LogP) is 5.42. The molecule has 0 bridgehead atoms. The van der Waals surface area contributed by atoms with E-state index in [9.17, 15) is 10.2 Å². The van der Waals surface area contributed by atoms with Gasteiger partial charge in [-0.1, -0.05) is 58.8 Å². The second-order valence-electron chi connectivity index (χ2n) is 6.22. The number of phenols is 2. The summed E-state index contributed by atoms with van der Waals surface area (Å²) in [4.78, 5) is 0. The standard InChI is InChI=1S/C18H30O2/c1-15(2)10-8-6-4-3-5-7-9-11-16-14-17(19)12-13-18(16)20/h12-15,19-20H,3-11H2,1-2H3. The molecular weight excluding hydrogens is 248 g/mol. The molecule has 114 valence electrons. The predicted molar refractivity (Wildman–Crippen MR) is 85.2 cm³/mol. The van der Waals surface area contributed by atoms with Crippen LogP contribution in [-0.2, 0) is 6.42 Å². The lowest BCUT2D eigenvalue weighted by Gasteiger charge is -2.06. The molecule has 1 aromatic rings. The third-order valence-electron chi connectivity index (χ3n) is 3.79. The molecule has 2 nitrogen and oxygen atoms in total. The number of aromatic hydroxyl groups is 2. The van der Waals surface area contributed by atoms with Crippen LogP contribution in [0.15, 0.2) is 18.2 Å². The summed E-state index contributed by atoms with van der Waals surface area (Å²) in [5.41, 5.74) is 0.863. The highest BCUT2D eigenvalue weighted by molar-refractivity contribution is 5.38. The summed E-state index contributed by atoms with van der Waals surface area (Å²) >= 11 is 0. The lowest BCUT2D eigenvalue weighted by atomic mass is 10.0. The van der Waals surface area contributed by atoms with Gasteiger partial charge in [-0.15, -0.1) is 0 Å². The molecule has 0 aliphatic rings. The second-order valence-corrected chi connectivity index (χ2v) is 6.22. The molecule has 0 atom stereocenters. The number of benzene rings is 1. The minimum absolute atomic E-state index is 0.239. The molecule has 0 amide bonds. The van der Waals surface area contributed by atoms with Crippen molar-refractivity contribution >= 4 is 0 Å². The molecule has 1 aromatic carbocycles. The zero-order valence-corrected chi connectivity index (χ0v) is 13.1. The third kappa shape index (κ3) is 7.42. The van der Waals surface area contributed by atoms with Crippen LogP contribution >= 0.6 is 0 Å². The SMILES string of the molecule is CC(C)CCCCCCCCCc1cc(O)ccc1O. The molecule has 0 spiro atoms. The van der Waals surface area contributed by atoms with E-state index in [0.29, 0.717) is 5.75 Å². The fourth-order valence-electron chi connectivity index (χ4n) is 2.52. The number of aryl methyl sites for hydroxylation is 1. The topological polar surface area (TPSA) is 40.5 Å². The number of unbranched alkanes of at least 4 members (excludes halogenated alkanes) is 6. The van der Waals surface area contributed by atoms with Gasteiger partial charge >= 0.3 is 0 Å². The van der Waals surface area contributed by atoms with Gasteiger partial charge in [0.2, 0.25) is 0 Å². The molecule has 0 aliphatic carbocycles. The quantitative estimate of drug-likeness (QED) is 0.443. The lowest BCUT2D eigenvalue weighted by molar-refractivity contribution is 0.452. The number of phenolic OH excluding ortho intramolecular Hbond substituents is 2. The molecular formula is C18H30O2. The van der Waals surface area contributed by atoms with Gasteiger partial charge in [0.1, 0.15) is 11.5 Å². The maximum Gasteiger partial charge on any atom is 0.119 e. The molecule has 1 rings (SSSR count). The highest BCUT2D eigenvalue weighted by atomic mass is 16.3. The highest BCUT2D eigenvalue weighted by Crippen LogP contribution is 2.24. The number of hydrogen-bond acceptors (Lipinski definition) is 2. The van der Waals surface area contributed by atoms with Crippen molar-refractivity contribution in [1.82, 2.24) is 0 Å². The van der Waals surface area contributed by atoms with Gasteiger partial charge in [-0.25, -0.2) is 0 Å². The average Bonchev–Trinajstić information content (AvgIpc) is 2.40. The van der Waals surface area contributed by atoms with Gasteiger partial charge in [-0.05, 0) is 42.5 Å². The highest BCUT2D eigenvalue weighted by Gasteiger charge is 2.02. The molecule has 0 aliphatic heterocycles. The van der Waals surface area contributed by atoms with Crippen LogP contribution in [0.3, 0.4) is 0 Å². The Bertz CT molecular complexity index is 372. The Morgan fingerprint density at radius 2 is 1.45 bits per heavy atom. The molecule has 0 unspecified atom stereocenters. The van der Waals surface area contributed by atoms with Crippen LogP contribution in [0.25, 0.3) is 0 Å². The van der Waals surface area contributed by atoms with Crippen LogP contribution < -0.4 is 0 Å². The average molecular weight is 278 g/mol. The molecule has 2 N–H and O–H groups in total. The minimum atomic E-state index is 0.239. The Labute approximate surface area is 123 Å². The fraction of sp³-hybridized carbons (Fsp3) is 0.667. The van der Waals surface area contributed by atoms with Crippen molar-refractivity contribution in [3.8, 4) is 11.5 Å². The molecule has 0 aromatic heterocycles. The molecule has 0 saturated carbocycles. The fourth-order valence-corrected chi connectivity index (χ4v) is 2.52. The first-order valence-electron chi connectivity index (χ1n) is 8.10. The zero-order valence-electron chi connectivity index (χ0n) is 13.1.